The third-order valence-corrected chi connectivity index (χ3v) is 3.98. The first-order valence-corrected chi connectivity index (χ1v) is 6.37. The van der Waals surface area contributed by atoms with Gasteiger partial charge in [0.05, 0.1) is 4.88 Å². The lowest BCUT2D eigenvalue weighted by atomic mass is 9.91. The Bertz CT molecular complexity index is 671. The molecular formula is C12H9F2N3OS. The maximum Gasteiger partial charge on any atom is 0.226 e. The Morgan fingerprint density at radius 2 is 2.16 bits per heavy atom. The van der Waals surface area contributed by atoms with Crippen LogP contribution in [0.5, 0.6) is 0 Å². The molecule has 1 amide bonds. The zero-order valence-corrected chi connectivity index (χ0v) is 10.4. The highest BCUT2D eigenvalue weighted by Gasteiger charge is 2.30. The van der Waals surface area contributed by atoms with E-state index in [4.69, 9.17) is 5.73 Å². The third-order valence-electron chi connectivity index (χ3n) is 2.98. The quantitative estimate of drug-likeness (QED) is 0.843. The Labute approximate surface area is 111 Å². The highest BCUT2D eigenvalue weighted by Crippen LogP contribution is 2.41. The lowest BCUT2D eigenvalue weighted by Crippen LogP contribution is -2.22. The van der Waals surface area contributed by atoms with Gasteiger partial charge in [-0.1, -0.05) is 17.4 Å². The fourth-order valence-corrected chi connectivity index (χ4v) is 3.05. The SMILES string of the molecule is Nc1nc2c(s1)[C@@H](c1ccc(F)c(F)c1)CC(=O)N2. The van der Waals surface area contributed by atoms with Crippen LogP contribution in [0.1, 0.15) is 22.8 Å². The van der Waals surface area contributed by atoms with Gasteiger partial charge in [-0.05, 0) is 17.7 Å². The van der Waals surface area contributed by atoms with E-state index in [0.717, 1.165) is 17.0 Å². The Hall–Kier alpha value is -2.02. The van der Waals surface area contributed by atoms with Gasteiger partial charge < -0.3 is 11.1 Å². The molecule has 2 heterocycles. The topological polar surface area (TPSA) is 68.0 Å². The van der Waals surface area contributed by atoms with Gasteiger partial charge in [-0.3, -0.25) is 4.79 Å². The fourth-order valence-electron chi connectivity index (χ4n) is 2.13. The predicted octanol–water partition coefficient (Wildman–Crippen LogP) is 2.48. The number of nitrogens with two attached hydrogens (primary N) is 1. The van der Waals surface area contributed by atoms with Gasteiger partial charge in [-0.25, -0.2) is 13.8 Å². The molecule has 1 aromatic heterocycles. The highest BCUT2D eigenvalue weighted by atomic mass is 32.1. The summed E-state index contributed by atoms with van der Waals surface area (Å²) in [7, 11) is 0. The van der Waals surface area contributed by atoms with Crippen LogP contribution in [0.4, 0.5) is 19.7 Å². The number of anilines is 2. The number of aromatic nitrogens is 1. The third kappa shape index (κ3) is 2.06. The van der Waals surface area contributed by atoms with Gasteiger partial charge in [-0.2, -0.15) is 0 Å². The molecule has 1 atom stereocenters. The van der Waals surface area contributed by atoms with Crippen LogP contribution in [0.25, 0.3) is 0 Å². The van der Waals surface area contributed by atoms with Crippen LogP contribution in [0.3, 0.4) is 0 Å². The van der Waals surface area contributed by atoms with Crippen molar-refractivity contribution in [2.75, 3.05) is 11.1 Å². The monoisotopic (exact) mass is 281 g/mol. The summed E-state index contributed by atoms with van der Waals surface area (Å²) in [5.41, 5.74) is 6.16. The zero-order chi connectivity index (χ0) is 13.6. The number of nitrogen functional groups attached to an aromatic ring is 1. The van der Waals surface area contributed by atoms with E-state index < -0.39 is 11.6 Å². The smallest absolute Gasteiger partial charge is 0.226 e. The molecule has 1 aliphatic rings. The van der Waals surface area contributed by atoms with Crippen molar-refractivity contribution < 1.29 is 13.6 Å². The maximum absolute atomic E-state index is 13.3. The average Bonchev–Trinajstić information content (AvgIpc) is 2.72. The first-order chi connectivity index (χ1) is 9.04. The summed E-state index contributed by atoms with van der Waals surface area (Å²) in [4.78, 5) is 16.4. The number of benzene rings is 1. The lowest BCUT2D eigenvalue weighted by Gasteiger charge is -2.21. The van der Waals surface area contributed by atoms with Crippen molar-refractivity contribution in [3.8, 4) is 0 Å². The molecule has 98 valence electrons. The fraction of sp³-hybridized carbons (Fsp3) is 0.167. The minimum Gasteiger partial charge on any atom is -0.375 e. The normalized spacial score (nSPS) is 18.0. The second-order valence-corrected chi connectivity index (χ2v) is 5.31. The number of halogens is 2. The molecule has 0 saturated carbocycles. The molecule has 2 aromatic rings. The summed E-state index contributed by atoms with van der Waals surface area (Å²) >= 11 is 1.24. The highest BCUT2D eigenvalue weighted by molar-refractivity contribution is 7.16. The first kappa shape index (κ1) is 12.0. The Kier molecular flexibility index (Phi) is 2.70. The van der Waals surface area contributed by atoms with Crippen molar-refractivity contribution in [3.63, 3.8) is 0 Å². The van der Waals surface area contributed by atoms with Crippen LogP contribution in [0, 0.1) is 11.6 Å². The zero-order valence-electron chi connectivity index (χ0n) is 9.61. The number of nitrogens with zero attached hydrogens (tertiary/aromatic N) is 1. The van der Waals surface area contributed by atoms with E-state index in [1.165, 1.54) is 17.4 Å². The number of fused-ring (bicyclic) bond motifs is 1. The standard InChI is InChI=1S/C12H9F2N3OS/c13-7-2-1-5(3-8(7)14)6-4-9(18)16-11-10(6)19-12(15)17-11/h1-3,6H,4H2,(H2,15,17)(H,16,18)/t6-/m1/s1. The number of thiazole rings is 1. The molecule has 3 rings (SSSR count). The van der Waals surface area contributed by atoms with E-state index in [-0.39, 0.29) is 18.2 Å². The number of nitrogens with one attached hydrogen (secondary N) is 1. The predicted molar refractivity (Wildman–Crippen MR) is 68.0 cm³/mol. The minimum absolute atomic E-state index is 0.166. The summed E-state index contributed by atoms with van der Waals surface area (Å²) in [5, 5.41) is 2.95. The number of amides is 1. The maximum atomic E-state index is 13.3. The van der Waals surface area contributed by atoms with Crippen LogP contribution in [-0.4, -0.2) is 10.9 Å². The van der Waals surface area contributed by atoms with E-state index in [2.05, 4.69) is 10.3 Å². The van der Waals surface area contributed by atoms with E-state index in [0.29, 0.717) is 16.5 Å². The van der Waals surface area contributed by atoms with E-state index >= 15 is 0 Å². The first-order valence-electron chi connectivity index (χ1n) is 5.55. The number of hydrogen-bond donors (Lipinski definition) is 2. The Morgan fingerprint density at radius 1 is 1.37 bits per heavy atom. The number of hydrogen-bond acceptors (Lipinski definition) is 4. The second kappa shape index (κ2) is 4.27. The van der Waals surface area contributed by atoms with Crippen LogP contribution in [0.15, 0.2) is 18.2 Å². The molecule has 0 radical (unpaired) electrons. The molecule has 1 aromatic carbocycles. The number of carbonyl (C=O) groups excluding carboxylic acids is 1. The van der Waals surface area contributed by atoms with Gasteiger partial charge in [0.2, 0.25) is 5.91 Å². The van der Waals surface area contributed by atoms with E-state index in [1.54, 1.807) is 0 Å². The summed E-state index contributed by atoms with van der Waals surface area (Å²) in [6.07, 6.45) is 0.166. The van der Waals surface area contributed by atoms with Crippen LogP contribution >= 0.6 is 11.3 Å². The van der Waals surface area contributed by atoms with Gasteiger partial charge in [0.15, 0.2) is 16.8 Å². The Morgan fingerprint density at radius 3 is 2.89 bits per heavy atom. The van der Waals surface area contributed by atoms with Gasteiger partial charge in [-0.15, -0.1) is 0 Å². The second-order valence-electron chi connectivity index (χ2n) is 4.24. The van der Waals surface area contributed by atoms with Crippen LogP contribution < -0.4 is 11.1 Å². The van der Waals surface area contributed by atoms with Crippen molar-refractivity contribution >= 4 is 28.2 Å². The summed E-state index contributed by atoms with van der Waals surface area (Å²) in [5.74, 6) is -1.98. The molecule has 1 aliphatic heterocycles. The summed E-state index contributed by atoms with van der Waals surface area (Å²) in [6.45, 7) is 0. The van der Waals surface area contributed by atoms with Crippen molar-refractivity contribution in [3.05, 3.63) is 40.3 Å². The molecule has 0 bridgehead atoms. The molecule has 19 heavy (non-hydrogen) atoms. The van der Waals surface area contributed by atoms with Gasteiger partial charge in [0.25, 0.3) is 0 Å². The molecular weight excluding hydrogens is 272 g/mol. The molecule has 0 spiro atoms. The molecule has 7 heteroatoms. The van der Waals surface area contributed by atoms with Gasteiger partial charge in [0, 0.05) is 12.3 Å². The molecule has 0 fully saturated rings. The summed E-state index contributed by atoms with van der Waals surface area (Å²) in [6, 6.07) is 3.64. The summed E-state index contributed by atoms with van der Waals surface area (Å²) < 4.78 is 26.3. The lowest BCUT2D eigenvalue weighted by molar-refractivity contribution is -0.116. The number of carbonyl (C=O) groups is 1. The van der Waals surface area contributed by atoms with Crippen molar-refractivity contribution in [1.29, 1.82) is 0 Å². The molecule has 0 saturated heterocycles. The van der Waals surface area contributed by atoms with Crippen LogP contribution in [0.2, 0.25) is 0 Å². The van der Waals surface area contributed by atoms with E-state index in [1.807, 2.05) is 0 Å². The van der Waals surface area contributed by atoms with Crippen molar-refractivity contribution in [2.24, 2.45) is 0 Å². The molecule has 4 nitrogen and oxygen atoms in total. The molecule has 0 unspecified atom stereocenters. The molecule has 0 aliphatic carbocycles. The van der Waals surface area contributed by atoms with E-state index in [9.17, 15) is 13.6 Å². The largest absolute Gasteiger partial charge is 0.375 e. The number of rotatable bonds is 1. The molecule has 3 N–H and O–H groups in total. The van der Waals surface area contributed by atoms with Crippen molar-refractivity contribution in [2.45, 2.75) is 12.3 Å². The van der Waals surface area contributed by atoms with Crippen molar-refractivity contribution in [1.82, 2.24) is 4.98 Å². The van der Waals surface area contributed by atoms with Gasteiger partial charge in [0.1, 0.15) is 5.82 Å². The van der Waals surface area contributed by atoms with Gasteiger partial charge >= 0.3 is 0 Å². The average molecular weight is 281 g/mol. The Balaban J connectivity index is 2.09. The van der Waals surface area contributed by atoms with Crippen LogP contribution in [-0.2, 0) is 4.79 Å². The minimum atomic E-state index is -0.928.